The second-order valence-corrected chi connectivity index (χ2v) is 8.24. The molecule has 1 aliphatic carbocycles. The summed E-state index contributed by atoms with van der Waals surface area (Å²) in [5.74, 6) is 0. The molecule has 5 heteroatoms. The number of aliphatic hydroxyl groups excluding tert-OH is 2. The lowest BCUT2D eigenvalue weighted by molar-refractivity contribution is -0.462. The molecule has 3 rings (SSSR count). The zero-order valence-corrected chi connectivity index (χ0v) is 19.5. The number of anilines is 2. The minimum atomic E-state index is 0.0512. The van der Waals surface area contributed by atoms with Crippen LogP contribution in [0.25, 0.3) is 5.57 Å². The molecule has 0 radical (unpaired) electrons. The maximum absolute atomic E-state index is 9.35. The molecular weight excluding hydrogens is 398 g/mol. The Hall–Kier alpha value is -3.15. The third kappa shape index (κ3) is 5.55. The van der Waals surface area contributed by atoms with Gasteiger partial charge in [0.15, 0.2) is 5.71 Å². The molecule has 0 spiro atoms. The van der Waals surface area contributed by atoms with E-state index in [0.29, 0.717) is 13.1 Å². The summed E-state index contributed by atoms with van der Waals surface area (Å²) in [5, 5.41) is 18.7. The van der Waals surface area contributed by atoms with Gasteiger partial charge in [0, 0.05) is 50.7 Å². The zero-order valence-electron chi connectivity index (χ0n) is 19.5. The molecule has 0 saturated heterocycles. The van der Waals surface area contributed by atoms with E-state index in [1.807, 2.05) is 33.1 Å². The highest BCUT2D eigenvalue weighted by Gasteiger charge is 2.14. The van der Waals surface area contributed by atoms with Crippen LogP contribution >= 0.6 is 0 Å². The van der Waals surface area contributed by atoms with Crippen molar-refractivity contribution in [2.45, 2.75) is 0 Å². The van der Waals surface area contributed by atoms with Crippen LogP contribution in [0.2, 0.25) is 0 Å². The van der Waals surface area contributed by atoms with E-state index in [1.54, 1.807) is 0 Å². The Morgan fingerprint density at radius 2 is 1.19 bits per heavy atom. The maximum atomic E-state index is 9.35. The summed E-state index contributed by atoms with van der Waals surface area (Å²) in [5.41, 5.74) is 7.92. The number of rotatable bonds is 8. The normalized spacial score (nSPS) is 12.8. The fourth-order valence-electron chi connectivity index (χ4n) is 3.80. The van der Waals surface area contributed by atoms with Gasteiger partial charge in [-0.1, -0.05) is 24.3 Å². The average Bonchev–Trinajstić information content (AvgIpc) is 2.80. The minimum Gasteiger partial charge on any atom is -0.395 e. The number of nitrogens with zero attached hydrogens (tertiary/aromatic N) is 3. The molecule has 1 aliphatic rings. The van der Waals surface area contributed by atoms with Crippen molar-refractivity contribution in [2.75, 3.05) is 64.3 Å². The lowest BCUT2D eigenvalue weighted by atomic mass is 9.90. The first-order valence-corrected chi connectivity index (χ1v) is 10.9. The van der Waals surface area contributed by atoms with E-state index in [2.05, 4.69) is 82.3 Å². The quantitative estimate of drug-likeness (QED) is 0.629. The van der Waals surface area contributed by atoms with Gasteiger partial charge < -0.3 is 20.0 Å². The number of benzene rings is 2. The summed E-state index contributed by atoms with van der Waals surface area (Å²) in [4.78, 5) is 4.09. The molecule has 32 heavy (non-hydrogen) atoms. The molecular formula is C27H34N3O2+. The van der Waals surface area contributed by atoms with Gasteiger partial charge in [-0.25, -0.2) is 4.58 Å². The summed E-state index contributed by atoms with van der Waals surface area (Å²) in [6, 6.07) is 17.0. The first-order chi connectivity index (χ1) is 15.4. The summed E-state index contributed by atoms with van der Waals surface area (Å²) >= 11 is 0. The molecule has 0 unspecified atom stereocenters. The Morgan fingerprint density at radius 1 is 0.719 bits per heavy atom. The van der Waals surface area contributed by atoms with Crippen LogP contribution in [0.5, 0.6) is 0 Å². The minimum absolute atomic E-state index is 0.0512. The molecule has 0 aliphatic heterocycles. The van der Waals surface area contributed by atoms with Crippen LogP contribution in [0.1, 0.15) is 11.1 Å². The maximum Gasteiger partial charge on any atom is 0.199 e. The van der Waals surface area contributed by atoms with Crippen molar-refractivity contribution in [1.29, 1.82) is 0 Å². The van der Waals surface area contributed by atoms with Crippen molar-refractivity contribution in [3.63, 3.8) is 0 Å². The molecule has 0 aromatic heterocycles. The molecule has 2 aromatic carbocycles. The van der Waals surface area contributed by atoms with Crippen molar-refractivity contribution in [1.82, 2.24) is 0 Å². The van der Waals surface area contributed by atoms with E-state index in [-0.39, 0.29) is 13.2 Å². The van der Waals surface area contributed by atoms with Gasteiger partial charge in [0.25, 0.3) is 0 Å². The topological polar surface area (TPSA) is 50.0 Å². The van der Waals surface area contributed by atoms with Gasteiger partial charge in [-0.2, -0.15) is 0 Å². The van der Waals surface area contributed by atoms with Gasteiger partial charge in [-0.05, 0) is 58.7 Å². The standard InChI is InChI=1S/C27H34N3O2/c1-28(2)24-11-5-21(6-12-24)27(22-7-13-25(14-8-22)29(3)4)23-9-15-26(16-10-23)30(17-19-31)18-20-32/h5-16,31-32H,17-20H2,1-4H3/q+1. The highest BCUT2D eigenvalue weighted by atomic mass is 16.3. The second kappa shape index (κ2) is 10.9. The SMILES string of the molecule is CN(C)c1ccc(C(=C2C=CC(=[N+](C)C)C=C2)c2ccc(N(CCO)CCO)cc2)cc1. The van der Waals surface area contributed by atoms with Crippen molar-refractivity contribution < 1.29 is 14.8 Å². The van der Waals surface area contributed by atoms with Gasteiger partial charge in [0.05, 0.1) is 13.2 Å². The molecule has 2 N–H and O–H groups in total. The number of hydrogen-bond acceptors (Lipinski definition) is 4. The first kappa shape index (κ1) is 23.5. The van der Waals surface area contributed by atoms with Crippen LogP contribution in [0.3, 0.4) is 0 Å². The van der Waals surface area contributed by atoms with Crippen LogP contribution in [0.4, 0.5) is 11.4 Å². The predicted octanol–water partition coefficient (Wildman–Crippen LogP) is 3.18. The Kier molecular flexibility index (Phi) is 8.03. The Bertz CT molecular complexity index is 1000. The smallest absolute Gasteiger partial charge is 0.199 e. The number of allylic oxidation sites excluding steroid dienone is 5. The lowest BCUT2D eigenvalue weighted by Gasteiger charge is -2.23. The van der Waals surface area contributed by atoms with Crippen LogP contribution in [-0.2, 0) is 0 Å². The van der Waals surface area contributed by atoms with E-state index in [4.69, 9.17) is 0 Å². The highest BCUT2D eigenvalue weighted by molar-refractivity contribution is 6.04. The van der Waals surface area contributed by atoms with E-state index < -0.39 is 0 Å². The molecule has 0 heterocycles. The molecule has 0 fully saturated rings. The van der Waals surface area contributed by atoms with Gasteiger partial charge in [0.1, 0.15) is 14.1 Å². The van der Waals surface area contributed by atoms with Crippen LogP contribution in [0, 0.1) is 0 Å². The predicted molar refractivity (Wildman–Crippen MR) is 135 cm³/mol. The van der Waals surface area contributed by atoms with Crippen molar-refractivity contribution in [2.24, 2.45) is 0 Å². The fourth-order valence-corrected chi connectivity index (χ4v) is 3.80. The largest absolute Gasteiger partial charge is 0.395 e. The number of hydrogen-bond donors (Lipinski definition) is 2. The van der Waals surface area contributed by atoms with Gasteiger partial charge >= 0.3 is 0 Å². The van der Waals surface area contributed by atoms with E-state index in [0.717, 1.165) is 33.8 Å². The van der Waals surface area contributed by atoms with Crippen molar-refractivity contribution >= 4 is 22.7 Å². The van der Waals surface area contributed by atoms with Crippen LogP contribution in [-0.4, -0.2) is 75.0 Å². The second-order valence-electron chi connectivity index (χ2n) is 8.24. The Morgan fingerprint density at radius 3 is 1.59 bits per heavy atom. The summed E-state index contributed by atoms with van der Waals surface area (Å²) in [7, 11) is 8.18. The third-order valence-electron chi connectivity index (χ3n) is 5.61. The summed E-state index contributed by atoms with van der Waals surface area (Å²) in [6.45, 7) is 1.09. The molecule has 0 saturated carbocycles. The van der Waals surface area contributed by atoms with E-state index in [1.165, 1.54) is 5.57 Å². The molecule has 2 aromatic rings. The van der Waals surface area contributed by atoms with Crippen molar-refractivity contribution in [3.8, 4) is 0 Å². The summed E-state index contributed by atoms with van der Waals surface area (Å²) < 4.78 is 2.10. The molecule has 168 valence electrons. The van der Waals surface area contributed by atoms with Gasteiger partial charge in [-0.3, -0.25) is 0 Å². The molecule has 0 bridgehead atoms. The lowest BCUT2D eigenvalue weighted by Crippen LogP contribution is -2.29. The Labute approximate surface area is 191 Å². The fraction of sp³-hybridized carbons (Fsp3) is 0.296. The number of aliphatic hydroxyl groups is 2. The molecule has 0 atom stereocenters. The van der Waals surface area contributed by atoms with E-state index >= 15 is 0 Å². The summed E-state index contributed by atoms with van der Waals surface area (Å²) in [6.07, 6.45) is 8.62. The molecule has 0 amide bonds. The highest BCUT2D eigenvalue weighted by Crippen LogP contribution is 2.32. The van der Waals surface area contributed by atoms with Crippen molar-refractivity contribution in [3.05, 3.63) is 89.5 Å². The van der Waals surface area contributed by atoms with Gasteiger partial charge in [-0.15, -0.1) is 0 Å². The van der Waals surface area contributed by atoms with Crippen LogP contribution < -0.4 is 9.80 Å². The third-order valence-corrected chi connectivity index (χ3v) is 5.61. The van der Waals surface area contributed by atoms with Crippen LogP contribution in [0.15, 0.2) is 78.4 Å². The average molecular weight is 433 g/mol. The monoisotopic (exact) mass is 432 g/mol. The zero-order chi connectivity index (χ0) is 23.1. The Balaban J connectivity index is 2.06. The molecule has 5 nitrogen and oxygen atoms in total. The first-order valence-electron chi connectivity index (χ1n) is 10.9. The van der Waals surface area contributed by atoms with E-state index in [9.17, 15) is 10.2 Å². The van der Waals surface area contributed by atoms with Gasteiger partial charge in [0.2, 0.25) is 0 Å².